The van der Waals surface area contributed by atoms with Crippen LogP contribution in [0.1, 0.15) is 24.7 Å². The third-order valence-corrected chi connectivity index (χ3v) is 3.57. The van der Waals surface area contributed by atoms with Crippen molar-refractivity contribution in [3.63, 3.8) is 0 Å². The van der Waals surface area contributed by atoms with Crippen molar-refractivity contribution in [2.24, 2.45) is 5.73 Å². The highest BCUT2D eigenvalue weighted by Gasteiger charge is 2.14. The van der Waals surface area contributed by atoms with Gasteiger partial charge in [0.1, 0.15) is 0 Å². The lowest BCUT2D eigenvalue weighted by Crippen LogP contribution is -2.11. The Balaban J connectivity index is 2.83. The first-order chi connectivity index (χ1) is 6.65. The number of halogens is 1. The zero-order valence-electron chi connectivity index (χ0n) is 8.53. The summed E-state index contributed by atoms with van der Waals surface area (Å²) in [5.74, 6) is 0. The van der Waals surface area contributed by atoms with Gasteiger partial charge in [-0.2, -0.15) is 0 Å². The molecule has 1 rings (SSSR count). The maximum absolute atomic E-state index is 6.11. The van der Waals surface area contributed by atoms with Gasteiger partial charge in [0, 0.05) is 16.8 Å². The lowest BCUT2D eigenvalue weighted by atomic mass is 10.1. The van der Waals surface area contributed by atoms with Crippen LogP contribution >= 0.6 is 23.4 Å². The molecule has 1 nitrogen and oxygen atoms in total. The summed E-state index contributed by atoms with van der Waals surface area (Å²) >= 11 is 7.97. The monoisotopic (exact) mass is 229 g/mol. The van der Waals surface area contributed by atoms with E-state index in [9.17, 15) is 0 Å². The Hall–Kier alpha value is -0.180. The minimum Gasteiger partial charge on any atom is -0.329 e. The minimum absolute atomic E-state index is 0.309. The molecule has 1 atom stereocenters. The lowest BCUT2D eigenvalue weighted by molar-refractivity contribution is 0.929. The fraction of sp³-hybridized carbons (Fsp3) is 0.455. The van der Waals surface area contributed by atoms with Gasteiger partial charge in [0.25, 0.3) is 0 Å². The first kappa shape index (κ1) is 11.9. The Bertz CT molecular complexity index is 288. The predicted octanol–water partition coefficient (Wildman–Crippen LogP) is 3.48. The van der Waals surface area contributed by atoms with Crippen LogP contribution in [0.15, 0.2) is 24.3 Å². The van der Waals surface area contributed by atoms with Crippen LogP contribution in [-0.2, 0) is 0 Å². The van der Waals surface area contributed by atoms with Crippen molar-refractivity contribution in [3.05, 3.63) is 34.9 Å². The smallest absolute Gasteiger partial charge is 0.0449 e. The topological polar surface area (TPSA) is 26.0 Å². The molecule has 0 spiro atoms. The van der Waals surface area contributed by atoms with Crippen molar-refractivity contribution in [2.45, 2.75) is 24.3 Å². The summed E-state index contributed by atoms with van der Waals surface area (Å²) in [5.41, 5.74) is 6.89. The number of hydrogen-bond donors (Lipinski definition) is 1. The van der Waals surface area contributed by atoms with Gasteiger partial charge in [-0.15, -0.1) is 11.8 Å². The molecule has 0 saturated heterocycles. The molecule has 1 unspecified atom stereocenters. The molecular formula is C11H16ClNS. The van der Waals surface area contributed by atoms with Crippen molar-refractivity contribution in [2.75, 3.05) is 6.54 Å². The highest BCUT2D eigenvalue weighted by Crippen LogP contribution is 2.34. The fourth-order valence-electron chi connectivity index (χ4n) is 1.32. The average Bonchev–Trinajstić information content (AvgIpc) is 2.15. The van der Waals surface area contributed by atoms with Gasteiger partial charge in [0.15, 0.2) is 0 Å². The minimum atomic E-state index is 0.309. The molecule has 0 aliphatic heterocycles. The van der Waals surface area contributed by atoms with E-state index < -0.39 is 0 Å². The average molecular weight is 230 g/mol. The lowest BCUT2D eigenvalue weighted by Gasteiger charge is -2.18. The normalized spacial score (nSPS) is 13.2. The van der Waals surface area contributed by atoms with E-state index in [2.05, 4.69) is 19.9 Å². The Labute approximate surface area is 95.0 Å². The SMILES string of the molecule is CC(C)SC(CN)c1ccccc1Cl. The van der Waals surface area contributed by atoms with Crippen LogP contribution in [0.3, 0.4) is 0 Å². The molecule has 78 valence electrons. The van der Waals surface area contributed by atoms with Crippen LogP contribution in [0.4, 0.5) is 0 Å². The molecule has 0 amide bonds. The molecule has 3 heteroatoms. The van der Waals surface area contributed by atoms with E-state index in [-0.39, 0.29) is 0 Å². The van der Waals surface area contributed by atoms with Crippen LogP contribution in [0.2, 0.25) is 5.02 Å². The fourth-order valence-corrected chi connectivity index (χ4v) is 2.77. The molecule has 2 N–H and O–H groups in total. The van der Waals surface area contributed by atoms with Crippen molar-refractivity contribution in [3.8, 4) is 0 Å². The van der Waals surface area contributed by atoms with Crippen molar-refractivity contribution in [1.29, 1.82) is 0 Å². The molecule has 0 aliphatic rings. The van der Waals surface area contributed by atoms with Gasteiger partial charge >= 0.3 is 0 Å². The molecule has 0 heterocycles. The Kier molecular flexibility index (Phi) is 4.79. The Morgan fingerprint density at radius 1 is 1.36 bits per heavy atom. The second-order valence-corrected chi connectivity index (χ2v) is 5.62. The molecular weight excluding hydrogens is 214 g/mol. The second-order valence-electron chi connectivity index (χ2n) is 3.43. The van der Waals surface area contributed by atoms with E-state index in [0.717, 1.165) is 10.6 Å². The van der Waals surface area contributed by atoms with Crippen LogP contribution in [-0.4, -0.2) is 11.8 Å². The quantitative estimate of drug-likeness (QED) is 0.856. The predicted molar refractivity (Wildman–Crippen MR) is 66.0 cm³/mol. The summed E-state index contributed by atoms with van der Waals surface area (Å²) < 4.78 is 0. The molecule has 0 radical (unpaired) electrons. The number of nitrogens with two attached hydrogens (primary N) is 1. The Morgan fingerprint density at radius 3 is 2.50 bits per heavy atom. The Morgan fingerprint density at radius 2 is 2.00 bits per heavy atom. The van der Waals surface area contributed by atoms with Gasteiger partial charge in [0.05, 0.1) is 0 Å². The van der Waals surface area contributed by atoms with E-state index in [1.165, 1.54) is 0 Å². The van der Waals surface area contributed by atoms with Gasteiger partial charge in [-0.05, 0) is 16.9 Å². The second kappa shape index (κ2) is 5.64. The van der Waals surface area contributed by atoms with Crippen LogP contribution in [0.5, 0.6) is 0 Å². The van der Waals surface area contributed by atoms with E-state index in [0.29, 0.717) is 17.0 Å². The zero-order chi connectivity index (χ0) is 10.6. The number of rotatable bonds is 4. The van der Waals surface area contributed by atoms with Crippen LogP contribution in [0.25, 0.3) is 0 Å². The highest BCUT2D eigenvalue weighted by atomic mass is 35.5. The molecule has 14 heavy (non-hydrogen) atoms. The number of thioether (sulfide) groups is 1. The summed E-state index contributed by atoms with van der Waals surface area (Å²) in [6.45, 7) is 4.97. The molecule has 0 aliphatic carbocycles. The summed E-state index contributed by atoms with van der Waals surface area (Å²) in [7, 11) is 0. The highest BCUT2D eigenvalue weighted by molar-refractivity contribution is 8.00. The molecule has 1 aromatic carbocycles. The van der Waals surface area contributed by atoms with E-state index in [1.54, 1.807) is 0 Å². The maximum Gasteiger partial charge on any atom is 0.0449 e. The third kappa shape index (κ3) is 3.19. The van der Waals surface area contributed by atoms with Crippen molar-refractivity contribution < 1.29 is 0 Å². The molecule has 0 saturated carbocycles. The third-order valence-electron chi connectivity index (χ3n) is 1.90. The summed E-state index contributed by atoms with van der Waals surface area (Å²) in [6.07, 6.45) is 0. The van der Waals surface area contributed by atoms with Crippen LogP contribution < -0.4 is 5.73 Å². The van der Waals surface area contributed by atoms with Gasteiger partial charge in [-0.1, -0.05) is 43.6 Å². The molecule has 0 aromatic heterocycles. The first-order valence-corrected chi connectivity index (χ1v) is 6.07. The summed E-state index contributed by atoms with van der Waals surface area (Å²) in [5, 5.41) is 1.69. The molecule has 0 bridgehead atoms. The largest absolute Gasteiger partial charge is 0.329 e. The summed E-state index contributed by atoms with van der Waals surface area (Å²) in [4.78, 5) is 0. The van der Waals surface area contributed by atoms with Gasteiger partial charge in [0.2, 0.25) is 0 Å². The van der Waals surface area contributed by atoms with Gasteiger partial charge in [-0.3, -0.25) is 0 Å². The van der Waals surface area contributed by atoms with Crippen LogP contribution in [0, 0.1) is 0 Å². The summed E-state index contributed by atoms with van der Waals surface area (Å²) in [6, 6.07) is 7.92. The van der Waals surface area contributed by atoms with Gasteiger partial charge in [-0.25, -0.2) is 0 Å². The van der Waals surface area contributed by atoms with E-state index in [4.69, 9.17) is 17.3 Å². The van der Waals surface area contributed by atoms with Gasteiger partial charge < -0.3 is 5.73 Å². The van der Waals surface area contributed by atoms with Crippen molar-refractivity contribution in [1.82, 2.24) is 0 Å². The molecule has 1 aromatic rings. The van der Waals surface area contributed by atoms with E-state index >= 15 is 0 Å². The maximum atomic E-state index is 6.11. The van der Waals surface area contributed by atoms with Crippen molar-refractivity contribution >= 4 is 23.4 Å². The number of benzene rings is 1. The standard InChI is InChI=1S/C11H16ClNS/c1-8(2)14-11(7-13)9-5-3-4-6-10(9)12/h3-6,8,11H,7,13H2,1-2H3. The number of hydrogen-bond acceptors (Lipinski definition) is 2. The molecule has 0 fully saturated rings. The van der Waals surface area contributed by atoms with E-state index in [1.807, 2.05) is 30.0 Å². The first-order valence-electron chi connectivity index (χ1n) is 4.75. The zero-order valence-corrected chi connectivity index (χ0v) is 10.1.